The minimum absolute atomic E-state index is 0.129. The fourth-order valence-electron chi connectivity index (χ4n) is 9.90. The summed E-state index contributed by atoms with van der Waals surface area (Å²) < 4.78 is 7.00. The number of rotatable bonds is 5. The van der Waals surface area contributed by atoms with Crippen LogP contribution in [0.3, 0.4) is 0 Å². The van der Waals surface area contributed by atoms with E-state index >= 15 is 0 Å². The normalized spacial score (nSPS) is 19.6. The Morgan fingerprint density at radius 3 is 1.43 bits per heavy atom. The fraction of sp³-hybridized carbons (Fsp3) is 0.404. The molecule has 0 spiro atoms. The van der Waals surface area contributed by atoms with E-state index in [4.69, 9.17) is 0 Å². The quantitative estimate of drug-likeness (QED) is 0.176. The molecule has 0 amide bonds. The van der Waals surface area contributed by atoms with E-state index < -0.39 is 22.6 Å². The molecule has 0 N–H and O–H groups in total. The van der Waals surface area contributed by atoms with Crippen molar-refractivity contribution in [2.45, 2.75) is 113 Å². The van der Waals surface area contributed by atoms with Gasteiger partial charge in [-0.1, -0.05) is 0 Å². The van der Waals surface area contributed by atoms with Crippen molar-refractivity contribution >= 4 is 17.6 Å². The molecular weight excluding hydrogens is 771 g/mol. The SMILES string of the molecule is C[Si](C1CCCCC1)=[Hf]([CH3])([CH3])([CH]1C=Cc2c(-c3cccc(C(C)(C)C)c3)cccc21)[CH]1C=Cc2c(-c3cccc(C(C)(C)C)c3)cccc21. The molecule has 2 heteroatoms. The van der Waals surface area contributed by atoms with Crippen LogP contribution >= 0.6 is 0 Å². The van der Waals surface area contributed by atoms with Gasteiger partial charge in [0.05, 0.1) is 0 Å². The Kier molecular flexibility index (Phi) is 8.96. The minimum atomic E-state index is -3.95. The van der Waals surface area contributed by atoms with Gasteiger partial charge >= 0.3 is 301 Å². The van der Waals surface area contributed by atoms with Gasteiger partial charge in [0.25, 0.3) is 0 Å². The first-order valence-electron chi connectivity index (χ1n) is 19.1. The third-order valence-corrected chi connectivity index (χ3v) is 71.3. The van der Waals surface area contributed by atoms with Crippen molar-refractivity contribution in [3.63, 3.8) is 0 Å². The van der Waals surface area contributed by atoms with E-state index in [1.54, 1.807) is 11.1 Å². The maximum absolute atomic E-state index is 3.95. The molecule has 1 fully saturated rings. The Labute approximate surface area is 298 Å². The van der Waals surface area contributed by atoms with E-state index in [2.05, 4.69) is 167 Å². The zero-order valence-corrected chi connectivity index (χ0v) is 36.3. The monoisotopic (exact) mass is 830 g/mol. The van der Waals surface area contributed by atoms with Gasteiger partial charge in [-0.05, 0) is 0 Å². The molecule has 4 aromatic rings. The van der Waals surface area contributed by atoms with E-state index in [1.165, 1.54) is 76.6 Å². The van der Waals surface area contributed by atoms with E-state index in [0.29, 0.717) is 7.35 Å². The fourth-order valence-corrected chi connectivity index (χ4v) is 60.1. The van der Waals surface area contributed by atoms with Crippen molar-refractivity contribution in [3.05, 3.63) is 130 Å². The Balaban J connectivity index is 1.40. The summed E-state index contributed by atoms with van der Waals surface area (Å²) in [4.78, 5) is 0. The second-order valence-corrected chi connectivity index (χ2v) is 65.4. The summed E-state index contributed by atoms with van der Waals surface area (Å²) in [6.45, 7) is 16.8. The van der Waals surface area contributed by atoms with Crippen molar-refractivity contribution < 1.29 is 17.1 Å². The zero-order chi connectivity index (χ0) is 34.8. The predicted octanol–water partition coefficient (Wildman–Crippen LogP) is 14.2. The molecule has 7 rings (SSSR count). The Morgan fingerprint density at radius 2 is 1.00 bits per heavy atom. The van der Waals surface area contributed by atoms with Crippen LogP contribution in [0.4, 0.5) is 0 Å². The van der Waals surface area contributed by atoms with E-state index in [-0.39, 0.29) is 10.8 Å². The molecule has 0 saturated heterocycles. The summed E-state index contributed by atoms with van der Waals surface area (Å²) in [7, 11) is 0. The van der Waals surface area contributed by atoms with Crippen LogP contribution in [-0.2, 0) is 28.0 Å². The summed E-state index contributed by atoms with van der Waals surface area (Å²) in [5, 5.41) is 0. The molecule has 4 aromatic carbocycles. The van der Waals surface area contributed by atoms with Crippen LogP contribution in [0.15, 0.2) is 97.1 Å². The average molecular weight is 830 g/mol. The summed E-state index contributed by atoms with van der Waals surface area (Å²) in [6.07, 6.45) is 17.7. The standard InChI is InChI=1S/2C19H19.C7H14Si.2CH3.Hf/c2*1-19(2,3)16-10-4-9-15(13-16)18-12-6-8-14-7-5-11-17(14)18;1-8-7-5-3-2-4-6-7;;;/h2*4-13H,1-3H3;7H,2-6H2,1H3;2*1H3;. The van der Waals surface area contributed by atoms with Gasteiger partial charge in [-0.25, -0.2) is 0 Å². The van der Waals surface area contributed by atoms with Crippen molar-refractivity contribution in [3.8, 4) is 22.3 Å². The van der Waals surface area contributed by atoms with Crippen LogP contribution in [0.25, 0.3) is 34.4 Å². The van der Waals surface area contributed by atoms with Gasteiger partial charge in [0.1, 0.15) is 0 Å². The maximum atomic E-state index is 2.94. The Bertz CT molecular complexity index is 1920. The van der Waals surface area contributed by atoms with Gasteiger partial charge in [-0.2, -0.15) is 0 Å². The third-order valence-electron chi connectivity index (χ3n) is 13.3. The molecule has 1 saturated carbocycles. The van der Waals surface area contributed by atoms with Crippen LogP contribution in [0.1, 0.15) is 114 Å². The number of benzene rings is 4. The van der Waals surface area contributed by atoms with Crippen LogP contribution in [0, 0.1) is 0 Å². The molecule has 0 bridgehead atoms. The molecule has 3 aliphatic carbocycles. The van der Waals surface area contributed by atoms with Gasteiger partial charge in [0, 0.05) is 0 Å². The van der Waals surface area contributed by atoms with Crippen molar-refractivity contribution in [2.24, 2.45) is 0 Å². The molecule has 254 valence electrons. The molecule has 2 atom stereocenters. The first-order valence-corrected chi connectivity index (χ1v) is 37.9. The van der Waals surface area contributed by atoms with Crippen LogP contribution in [0.5, 0.6) is 0 Å². The van der Waals surface area contributed by atoms with Crippen molar-refractivity contribution in [1.82, 2.24) is 0 Å². The molecule has 0 radical (unpaired) electrons. The first kappa shape index (κ1) is 34.9. The molecule has 49 heavy (non-hydrogen) atoms. The average Bonchev–Trinajstić information content (AvgIpc) is 3.74. The van der Waals surface area contributed by atoms with Crippen LogP contribution < -0.4 is 0 Å². The second-order valence-electron chi connectivity index (χ2n) is 18.6. The Morgan fingerprint density at radius 1 is 0.571 bits per heavy atom. The molecule has 2 unspecified atom stereocenters. The molecule has 3 aliphatic rings. The summed E-state index contributed by atoms with van der Waals surface area (Å²) in [5.41, 5.74) is 15.1. The third kappa shape index (κ3) is 6.01. The molecular formula is C47H58HfSi. The van der Waals surface area contributed by atoms with E-state index in [9.17, 15) is 0 Å². The van der Waals surface area contributed by atoms with Gasteiger partial charge < -0.3 is 0 Å². The second kappa shape index (κ2) is 12.6. The topological polar surface area (TPSA) is 0 Å². The van der Waals surface area contributed by atoms with Gasteiger partial charge in [0.2, 0.25) is 0 Å². The molecule has 0 aromatic heterocycles. The first-order chi connectivity index (χ1) is 23.2. The van der Waals surface area contributed by atoms with Crippen molar-refractivity contribution in [2.75, 3.05) is 0 Å². The summed E-state index contributed by atoms with van der Waals surface area (Å²) in [6, 6.07) is 33.2. The number of fused-ring (bicyclic) bond motifs is 2. The Hall–Kier alpha value is -2.55. The zero-order valence-electron chi connectivity index (χ0n) is 31.7. The molecule has 0 nitrogen and oxygen atoms in total. The van der Waals surface area contributed by atoms with Crippen molar-refractivity contribution in [1.29, 1.82) is 0 Å². The number of allylic oxidation sites excluding steroid dienone is 2. The van der Waals surface area contributed by atoms with Crippen LogP contribution in [-0.4, -0.2) is 5.49 Å². The predicted molar refractivity (Wildman–Crippen MR) is 215 cm³/mol. The molecule has 0 heterocycles. The van der Waals surface area contributed by atoms with Gasteiger partial charge in [-0.3, -0.25) is 0 Å². The molecule has 0 aliphatic heterocycles. The summed E-state index contributed by atoms with van der Waals surface area (Å²) in [5.74, 6) is 0. The van der Waals surface area contributed by atoms with E-state index in [1.807, 2.05) is 0 Å². The van der Waals surface area contributed by atoms with E-state index in [0.717, 1.165) is 5.54 Å². The summed E-state index contributed by atoms with van der Waals surface area (Å²) >= 11 is -3.95. The van der Waals surface area contributed by atoms with Gasteiger partial charge in [0.15, 0.2) is 0 Å². The van der Waals surface area contributed by atoms with Crippen LogP contribution in [0.2, 0.25) is 21.4 Å². The number of hydrogen-bond donors (Lipinski definition) is 0. The van der Waals surface area contributed by atoms with Gasteiger partial charge in [-0.15, -0.1) is 0 Å². The number of hydrogen-bond acceptors (Lipinski definition) is 0.